The van der Waals surface area contributed by atoms with Crippen LogP contribution in [0.15, 0.2) is 89.3 Å². The molecular formula is C31H35N3O6S. The third-order valence-electron chi connectivity index (χ3n) is 6.97. The Kier molecular flexibility index (Phi) is 10.3. The molecule has 1 amide bonds. The molecule has 0 spiro atoms. The maximum Gasteiger partial charge on any atom is 0.407 e. The van der Waals surface area contributed by atoms with Crippen LogP contribution >= 0.6 is 0 Å². The number of carbonyl (C=O) groups is 2. The van der Waals surface area contributed by atoms with Crippen LogP contribution in [0, 0.1) is 5.92 Å². The van der Waals surface area contributed by atoms with Crippen LogP contribution in [-0.2, 0) is 27.8 Å². The Hall–Kier alpha value is -4.02. The molecule has 1 aromatic heterocycles. The van der Waals surface area contributed by atoms with Crippen molar-refractivity contribution in [3.8, 4) is 0 Å². The molecular weight excluding hydrogens is 542 g/mol. The Morgan fingerprint density at radius 3 is 2.22 bits per heavy atom. The number of carbonyl (C=O) groups excluding carboxylic acids is 2. The summed E-state index contributed by atoms with van der Waals surface area (Å²) in [5, 5.41) is 0.972. The number of oxazole rings is 1. The monoisotopic (exact) mass is 577 g/mol. The highest BCUT2D eigenvalue weighted by molar-refractivity contribution is 7.91. The van der Waals surface area contributed by atoms with E-state index in [1.165, 1.54) is 0 Å². The maximum atomic E-state index is 13.9. The van der Waals surface area contributed by atoms with Crippen molar-refractivity contribution in [2.75, 3.05) is 6.54 Å². The van der Waals surface area contributed by atoms with Gasteiger partial charge in [-0.1, -0.05) is 93.1 Å². The van der Waals surface area contributed by atoms with Crippen molar-refractivity contribution in [3.05, 3.63) is 102 Å². The zero-order chi connectivity index (χ0) is 29.2. The highest BCUT2D eigenvalue weighted by Crippen LogP contribution is 2.24. The maximum absolute atomic E-state index is 13.9. The van der Waals surface area contributed by atoms with Gasteiger partial charge in [0.1, 0.15) is 12.1 Å². The average Bonchev–Trinajstić information content (AvgIpc) is 3.43. The lowest BCUT2D eigenvalue weighted by atomic mass is 9.94. The van der Waals surface area contributed by atoms with Crippen molar-refractivity contribution in [2.24, 2.45) is 5.92 Å². The van der Waals surface area contributed by atoms with E-state index in [1.807, 2.05) is 67.6 Å². The van der Waals surface area contributed by atoms with E-state index in [-0.39, 0.29) is 19.0 Å². The number of aromatic nitrogens is 1. The van der Waals surface area contributed by atoms with Gasteiger partial charge in [-0.2, -0.15) is 0 Å². The minimum absolute atomic E-state index is 0.00583. The molecule has 41 heavy (non-hydrogen) atoms. The Labute approximate surface area is 240 Å². The van der Waals surface area contributed by atoms with Gasteiger partial charge in [0.2, 0.25) is 15.8 Å². The molecule has 0 radical (unpaired) electrons. The summed E-state index contributed by atoms with van der Waals surface area (Å²) in [6.07, 6.45) is 0.845. The molecule has 4 rings (SSSR count). The molecule has 0 aliphatic heterocycles. The molecule has 0 fully saturated rings. The third-order valence-corrected chi connectivity index (χ3v) is 8.75. The van der Waals surface area contributed by atoms with Gasteiger partial charge in [0.25, 0.3) is 5.89 Å². The van der Waals surface area contributed by atoms with Gasteiger partial charge in [-0.15, -0.1) is 0 Å². The van der Waals surface area contributed by atoms with Crippen LogP contribution in [0.1, 0.15) is 48.5 Å². The minimum atomic E-state index is -4.30. The fraction of sp³-hybridized carbons (Fsp3) is 0.323. The molecule has 3 unspecified atom stereocenters. The van der Waals surface area contributed by atoms with E-state index < -0.39 is 39.1 Å². The minimum Gasteiger partial charge on any atom is -0.445 e. The summed E-state index contributed by atoms with van der Waals surface area (Å²) in [6, 6.07) is 24.5. The summed E-state index contributed by atoms with van der Waals surface area (Å²) in [6.45, 7) is 3.74. The zero-order valence-corrected chi connectivity index (χ0v) is 24.0. The van der Waals surface area contributed by atoms with Crippen LogP contribution in [0.3, 0.4) is 0 Å². The number of ether oxygens (including phenoxy) is 1. The number of para-hydroxylation sites is 2. The summed E-state index contributed by atoms with van der Waals surface area (Å²) in [7, 11) is -4.30. The van der Waals surface area contributed by atoms with E-state index in [0.29, 0.717) is 30.4 Å². The van der Waals surface area contributed by atoms with E-state index in [0.717, 1.165) is 11.1 Å². The Morgan fingerprint density at radius 1 is 0.927 bits per heavy atom. The second kappa shape index (κ2) is 14.0. The Balaban J connectivity index is 1.58. The van der Waals surface area contributed by atoms with E-state index in [9.17, 15) is 18.0 Å². The van der Waals surface area contributed by atoms with Crippen LogP contribution in [-0.4, -0.2) is 43.1 Å². The number of alkyl carbamates (subject to hydrolysis) is 1. The lowest BCUT2D eigenvalue weighted by Crippen LogP contribution is -2.56. The van der Waals surface area contributed by atoms with Gasteiger partial charge in [-0.05, 0) is 42.0 Å². The lowest BCUT2D eigenvalue weighted by Gasteiger charge is -2.30. The zero-order valence-electron chi connectivity index (χ0n) is 23.2. The first-order valence-corrected chi connectivity index (χ1v) is 15.2. The fourth-order valence-electron chi connectivity index (χ4n) is 4.51. The highest BCUT2D eigenvalue weighted by Gasteiger charge is 2.45. The van der Waals surface area contributed by atoms with Gasteiger partial charge in [0.15, 0.2) is 10.8 Å². The molecule has 4 aromatic rings. The van der Waals surface area contributed by atoms with E-state index >= 15 is 0 Å². The van der Waals surface area contributed by atoms with Crippen molar-refractivity contribution >= 4 is 33.0 Å². The van der Waals surface area contributed by atoms with Gasteiger partial charge in [0.05, 0.1) is 6.04 Å². The molecule has 1 heterocycles. The van der Waals surface area contributed by atoms with Crippen LogP contribution < -0.4 is 10.0 Å². The predicted octanol–water partition coefficient (Wildman–Crippen LogP) is 5.27. The summed E-state index contributed by atoms with van der Waals surface area (Å²) >= 11 is 0. The SMILES string of the molecule is CCC(C)C(NC(=O)OCc1ccccc1)C(C(=O)c1nc2ccccc2o1)S(=O)(=O)NCCCc1ccccc1. The van der Waals surface area contributed by atoms with Crippen LogP contribution in [0.2, 0.25) is 0 Å². The molecule has 3 atom stereocenters. The average molecular weight is 578 g/mol. The van der Waals surface area contributed by atoms with Crippen LogP contribution in [0.5, 0.6) is 0 Å². The molecule has 0 aliphatic rings. The summed E-state index contributed by atoms with van der Waals surface area (Å²) in [5.74, 6) is -1.58. The molecule has 0 bridgehead atoms. The molecule has 3 aromatic carbocycles. The first-order chi connectivity index (χ1) is 19.8. The fourth-order valence-corrected chi connectivity index (χ4v) is 6.22. The van der Waals surface area contributed by atoms with Gasteiger partial charge < -0.3 is 14.5 Å². The van der Waals surface area contributed by atoms with Crippen LogP contribution in [0.4, 0.5) is 4.79 Å². The van der Waals surface area contributed by atoms with E-state index in [4.69, 9.17) is 9.15 Å². The molecule has 0 saturated heterocycles. The number of hydrogen-bond donors (Lipinski definition) is 2. The van der Waals surface area contributed by atoms with Crippen molar-refractivity contribution in [1.29, 1.82) is 0 Å². The van der Waals surface area contributed by atoms with Crippen molar-refractivity contribution in [3.63, 3.8) is 0 Å². The number of nitrogens with one attached hydrogen (secondary N) is 2. The van der Waals surface area contributed by atoms with E-state index in [1.54, 1.807) is 31.2 Å². The number of rotatable bonds is 14. The normalized spacial score (nSPS) is 13.8. The van der Waals surface area contributed by atoms with Gasteiger partial charge in [0, 0.05) is 6.54 Å². The number of benzene rings is 3. The molecule has 2 N–H and O–H groups in total. The molecule has 216 valence electrons. The van der Waals surface area contributed by atoms with Crippen molar-refractivity contribution in [2.45, 2.75) is 51.0 Å². The first kappa shape index (κ1) is 30.0. The first-order valence-electron chi connectivity index (χ1n) is 13.7. The van der Waals surface area contributed by atoms with Gasteiger partial charge in [-0.25, -0.2) is 22.9 Å². The number of amides is 1. The number of Topliss-reactive ketones (excluding diaryl/α,β-unsaturated/α-hetero) is 1. The Bertz CT molecular complexity index is 1510. The van der Waals surface area contributed by atoms with Crippen molar-refractivity contribution < 1.29 is 27.2 Å². The second-order valence-electron chi connectivity index (χ2n) is 9.92. The van der Waals surface area contributed by atoms with Crippen LogP contribution in [0.25, 0.3) is 11.1 Å². The quantitative estimate of drug-likeness (QED) is 0.154. The van der Waals surface area contributed by atoms with Crippen molar-refractivity contribution in [1.82, 2.24) is 15.0 Å². The number of sulfonamides is 1. The summed E-state index contributed by atoms with van der Waals surface area (Å²) in [4.78, 5) is 31.0. The molecule has 0 saturated carbocycles. The third kappa shape index (κ3) is 8.02. The van der Waals surface area contributed by atoms with Gasteiger partial charge in [-0.3, -0.25) is 4.79 Å². The standard InChI is InChI=1S/C31H35N3O6S/c1-3-22(2)27(34-31(36)39-21-24-15-8-5-9-16-24)29(28(35)30-33-25-18-10-11-19-26(25)40-30)41(37,38)32-20-12-17-23-13-6-4-7-14-23/h4-11,13-16,18-19,22,27,29,32H,3,12,17,20-21H2,1-2H3,(H,34,36). The molecule has 10 heteroatoms. The number of nitrogens with zero attached hydrogens (tertiary/aromatic N) is 1. The van der Waals surface area contributed by atoms with E-state index in [2.05, 4.69) is 15.0 Å². The topological polar surface area (TPSA) is 128 Å². The predicted molar refractivity (Wildman–Crippen MR) is 157 cm³/mol. The molecule has 9 nitrogen and oxygen atoms in total. The summed E-state index contributed by atoms with van der Waals surface area (Å²) < 4.78 is 41.2. The molecule has 0 aliphatic carbocycles. The number of ketones is 1. The largest absolute Gasteiger partial charge is 0.445 e. The highest BCUT2D eigenvalue weighted by atomic mass is 32.2. The Morgan fingerprint density at radius 2 is 1.56 bits per heavy atom. The number of aryl methyl sites for hydroxylation is 1. The lowest BCUT2D eigenvalue weighted by molar-refractivity contribution is 0.0921. The summed E-state index contributed by atoms with van der Waals surface area (Å²) in [5.41, 5.74) is 2.64. The number of fused-ring (bicyclic) bond motifs is 1. The smallest absolute Gasteiger partial charge is 0.407 e. The van der Waals surface area contributed by atoms with Gasteiger partial charge >= 0.3 is 6.09 Å². The second-order valence-corrected chi connectivity index (χ2v) is 11.8. The number of hydrogen-bond acceptors (Lipinski definition) is 7.